The number of ether oxygens (including phenoxy) is 2. The molecule has 1 fully saturated rings. The van der Waals surface area contributed by atoms with Crippen LogP contribution in [0, 0.1) is 0 Å². The molecule has 0 unspecified atom stereocenters. The third-order valence-electron chi connectivity index (χ3n) is 3.78. The number of aliphatic imine (C=N–C) groups is 1. The number of esters is 1. The van der Waals surface area contributed by atoms with Crippen LogP contribution < -0.4 is 15.8 Å². The summed E-state index contributed by atoms with van der Waals surface area (Å²) in [6, 6.07) is 5.12. The average Bonchev–Trinajstić information content (AvgIpc) is 3.05. The summed E-state index contributed by atoms with van der Waals surface area (Å²) >= 11 is 0. The van der Waals surface area contributed by atoms with Gasteiger partial charge < -0.3 is 20.5 Å². The molecule has 0 heterocycles. The summed E-state index contributed by atoms with van der Waals surface area (Å²) in [4.78, 5) is 15.7. The number of anilines is 1. The second-order valence-electron chi connectivity index (χ2n) is 5.96. The Kier molecular flexibility index (Phi) is 7.11. The van der Waals surface area contributed by atoms with Crippen molar-refractivity contribution >= 4 is 17.6 Å². The Labute approximate surface area is 149 Å². The van der Waals surface area contributed by atoms with E-state index in [-0.39, 0.29) is 30.2 Å². The fourth-order valence-corrected chi connectivity index (χ4v) is 2.60. The molecule has 0 amide bonds. The van der Waals surface area contributed by atoms with Crippen LogP contribution in [0.5, 0.6) is 5.75 Å². The van der Waals surface area contributed by atoms with Gasteiger partial charge in [0.25, 0.3) is 0 Å². The largest absolute Gasteiger partial charge is 0.573 e. The van der Waals surface area contributed by atoms with E-state index >= 15 is 0 Å². The highest BCUT2D eigenvalue weighted by Crippen LogP contribution is 2.24. The van der Waals surface area contributed by atoms with E-state index in [1.54, 1.807) is 0 Å². The molecule has 6 nitrogen and oxygen atoms in total. The van der Waals surface area contributed by atoms with Crippen molar-refractivity contribution in [2.45, 2.75) is 51.0 Å². The van der Waals surface area contributed by atoms with E-state index in [0.717, 1.165) is 25.7 Å². The maximum absolute atomic E-state index is 12.1. The van der Waals surface area contributed by atoms with Gasteiger partial charge in [-0.15, -0.1) is 13.2 Å². The summed E-state index contributed by atoms with van der Waals surface area (Å²) in [7, 11) is 0. The van der Waals surface area contributed by atoms with Gasteiger partial charge in [0.2, 0.25) is 0 Å². The molecule has 0 aliphatic heterocycles. The van der Waals surface area contributed by atoms with Crippen molar-refractivity contribution in [2.75, 3.05) is 11.9 Å². The molecule has 0 bridgehead atoms. The van der Waals surface area contributed by atoms with Gasteiger partial charge in [-0.1, -0.05) is 0 Å². The molecule has 0 aromatic heterocycles. The maximum atomic E-state index is 12.1. The monoisotopic (exact) mass is 373 g/mol. The SMILES string of the molecule is NC(=NCCCC(=O)OC1CCCC1)Nc1ccc(OC(F)(F)F)cc1. The molecule has 1 aliphatic rings. The number of hydrogen-bond donors (Lipinski definition) is 2. The normalized spacial score (nSPS) is 15.7. The minimum Gasteiger partial charge on any atom is -0.462 e. The number of carbonyl (C=O) groups excluding carboxylic acids is 1. The highest BCUT2D eigenvalue weighted by atomic mass is 19.4. The second-order valence-corrected chi connectivity index (χ2v) is 5.96. The number of guanidine groups is 1. The molecule has 9 heteroatoms. The zero-order valence-corrected chi connectivity index (χ0v) is 14.2. The Bertz CT molecular complexity index is 612. The van der Waals surface area contributed by atoms with Crippen molar-refractivity contribution in [1.29, 1.82) is 0 Å². The Morgan fingerprint density at radius 2 is 1.88 bits per heavy atom. The zero-order valence-electron chi connectivity index (χ0n) is 14.2. The van der Waals surface area contributed by atoms with Crippen LogP contribution in [0.15, 0.2) is 29.3 Å². The highest BCUT2D eigenvalue weighted by molar-refractivity contribution is 5.92. The van der Waals surface area contributed by atoms with Gasteiger partial charge in [0.15, 0.2) is 5.96 Å². The molecule has 1 aromatic carbocycles. The fourth-order valence-electron chi connectivity index (χ4n) is 2.60. The van der Waals surface area contributed by atoms with Gasteiger partial charge >= 0.3 is 12.3 Å². The second kappa shape index (κ2) is 9.30. The molecule has 26 heavy (non-hydrogen) atoms. The van der Waals surface area contributed by atoms with Crippen LogP contribution in [0.4, 0.5) is 18.9 Å². The predicted octanol–water partition coefficient (Wildman–Crippen LogP) is 3.58. The van der Waals surface area contributed by atoms with Gasteiger partial charge in [-0.05, 0) is 56.4 Å². The number of carbonyl (C=O) groups is 1. The Morgan fingerprint density at radius 1 is 1.23 bits per heavy atom. The topological polar surface area (TPSA) is 85.9 Å². The standard InChI is InChI=1S/C17H22F3N3O3/c18-17(19,20)26-14-9-7-12(8-10-14)23-16(21)22-11-3-6-15(24)25-13-4-1-2-5-13/h7-10,13H,1-6,11H2,(H3,21,22,23). The van der Waals surface area contributed by atoms with Crippen molar-refractivity contribution in [2.24, 2.45) is 10.7 Å². The van der Waals surface area contributed by atoms with Gasteiger partial charge in [-0.25, -0.2) is 0 Å². The number of nitrogens with one attached hydrogen (secondary N) is 1. The molecule has 1 aromatic rings. The molecule has 0 atom stereocenters. The first kappa shape index (κ1) is 19.9. The first-order valence-electron chi connectivity index (χ1n) is 8.44. The van der Waals surface area contributed by atoms with Crippen molar-refractivity contribution in [3.05, 3.63) is 24.3 Å². The number of halogens is 3. The van der Waals surface area contributed by atoms with Crippen LogP contribution >= 0.6 is 0 Å². The van der Waals surface area contributed by atoms with Crippen molar-refractivity contribution in [1.82, 2.24) is 0 Å². The minimum absolute atomic E-state index is 0.0574. The molecule has 144 valence electrons. The van der Waals surface area contributed by atoms with Crippen molar-refractivity contribution < 1.29 is 27.4 Å². The first-order chi connectivity index (χ1) is 12.3. The fraction of sp³-hybridized carbons (Fsp3) is 0.529. The Balaban J connectivity index is 1.68. The first-order valence-corrected chi connectivity index (χ1v) is 8.44. The molecular weight excluding hydrogens is 351 g/mol. The van der Waals surface area contributed by atoms with Crippen LogP contribution in [-0.4, -0.2) is 30.9 Å². The van der Waals surface area contributed by atoms with E-state index in [9.17, 15) is 18.0 Å². The van der Waals surface area contributed by atoms with E-state index in [0.29, 0.717) is 18.7 Å². The van der Waals surface area contributed by atoms with E-state index in [1.807, 2.05) is 0 Å². The molecule has 3 N–H and O–H groups in total. The van der Waals surface area contributed by atoms with Gasteiger partial charge in [0, 0.05) is 18.7 Å². The lowest BCUT2D eigenvalue weighted by Crippen LogP contribution is -2.23. The molecule has 2 rings (SSSR count). The number of hydrogen-bond acceptors (Lipinski definition) is 4. The molecule has 0 radical (unpaired) electrons. The average molecular weight is 373 g/mol. The summed E-state index contributed by atoms with van der Waals surface area (Å²) in [5.74, 6) is -0.433. The lowest BCUT2D eigenvalue weighted by atomic mass is 10.3. The highest BCUT2D eigenvalue weighted by Gasteiger charge is 2.30. The van der Waals surface area contributed by atoms with Crippen LogP contribution in [-0.2, 0) is 9.53 Å². The van der Waals surface area contributed by atoms with Crippen molar-refractivity contribution in [3.63, 3.8) is 0 Å². The van der Waals surface area contributed by atoms with Crippen LogP contribution in [0.1, 0.15) is 38.5 Å². The molecule has 0 saturated heterocycles. The Hall–Kier alpha value is -2.45. The third kappa shape index (κ3) is 7.62. The summed E-state index contributed by atoms with van der Waals surface area (Å²) in [6.45, 7) is 0.341. The Morgan fingerprint density at radius 3 is 2.50 bits per heavy atom. The van der Waals surface area contributed by atoms with Crippen LogP contribution in [0.25, 0.3) is 0 Å². The summed E-state index contributed by atoms with van der Waals surface area (Å²) in [5.41, 5.74) is 6.18. The molecular formula is C17H22F3N3O3. The predicted molar refractivity (Wildman–Crippen MR) is 90.8 cm³/mol. The van der Waals surface area contributed by atoms with Gasteiger partial charge in [0.1, 0.15) is 11.9 Å². The van der Waals surface area contributed by atoms with Crippen LogP contribution in [0.2, 0.25) is 0 Å². The van der Waals surface area contributed by atoms with E-state index in [4.69, 9.17) is 10.5 Å². The molecule has 1 aliphatic carbocycles. The van der Waals surface area contributed by atoms with Crippen LogP contribution in [0.3, 0.4) is 0 Å². The minimum atomic E-state index is -4.73. The van der Waals surface area contributed by atoms with E-state index in [1.165, 1.54) is 24.3 Å². The van der Waals surface area contributed by atoms with Crippen molar-refractivity contribution in [3.8, 4) is 5.75 Å². The lowest BCUT2D eigenvalue weighted by molar-refractivity contribution is -0.274. The summed E-state index contributed by atoms with van der Waals surface area (Å²) < 4.78 is 45.4. The number of nitrogens with two attached hydrogens (primary N) is 1. The zero-order chi connectivity index (χ0) is 19.0. The quantitative estimate of drug-likeness (QED) is 0.330. The molecule has 0 spiro atoms. The van der Waals surface area contributed by atoms with E-state index < -0.39 is 6.36 Å². The van der Waals surface area contributed by atoms with Gasteiger partial charge in [-0.2, -0.15) is 0 Å². The maximum Gasteiger partial charge on any atom is 0.573 e. The number of alkyl halides is 3. The summed E-state index contributed by atoms with van der Waals surface area (Å²) in [5, 5.41) is 2.75. The number of rotatable bonds is 7. The summed E-state index contributed by atoms with van der Waals surface area (Å²) in [6.07, 6.45) is 0.196. The lowest BCUT2D eigenvalue weighted by Gasteiger charge is -2.11. The third-order valence-corrected chi connectivity index (χ3v) is 3.78. The number of nitrogens with zero attached hydrogens (tertiary/aromatic N) is 1. The van der Waals surface area contributed by atoms with Gasteiger partial charge in [0.05, 0.1) is 0 Å². The van der Waals surface area contributed by atoms with Gasteiger partial charge in [-0.3, -0.25) is 9.79 Å². The smallest absolute Gasteiger partial charge is 0.462 e. The van der Waals surface area contributed by atoms with E-state index in [2.05, 4.69) is 15.0 Å². The molecule has 1 saturated carbocycles. The number of benzene rings is 1.